The fourth-order valence-electron chi connectivity index (χ4n) is 1.85. The van der Waals surface area contributed by atoms with Crippen LogP contribution in [0.15, 0.2) is 18.7 Å². The number of hydrogen-bond donors (Lipinski definition) is 1. The lowest BCUT2D eigenvalue weighted by atomic mass is 9.96. The molecule has 1 heterocycles. The van der Waals surface area contributed by atoms with Gasteiger partial charge in [-0.05, 0) is 30.5 Å². The van der Waals surface area contributed by atoms with Crippen LogP contribution < -0.4 is 5.32 Å². The van der Waals surface area contributed by atoms with E-state index in [9.17, 15) is 4.79 Å². The molecule has 0 aliphatic carbocycles. The van der Waals surface area contributed by atoms with Crippen LogP contribution in [0.3, 0.4) is 0 Å². The molecule has 0 spiro atoms. The molecule has 1 aliphatic rings. The highest BCUT2D eigenvalue weighted by Crippen LogP contribution is 2.28. The van der Waals surface area contributed by atoms with Crippen LogP contribution >= 0.6 is 0 Å². The van der Waals surface area contributed by atoms with Crippen LogP contribution in [0.5, 0.6) is 0 Å². The average molecular weight is 189 g/mol. The number of rotatable bonds is 1. The molecule has 0 radical (unpaired) electrons. The van der Waals surface area contributed by atoms with E-state index >= 15 is 0 Å². The van der Waals surface area contributed by atoms with Crippen molar-refractivity contribution in [3.8, 4) is 0 Å². The van der Waals surface area contributed by atoms with Gasteiger partial charge in [-0.2, -0.15) is 0 Å². The van der Waals surface area contributed by atoms with Crippen molar-refractivity contribution in [3.63, 3.8) is 0 Å². The van der Waals surface area contributed by atoms with Gasteiger partial charge < -0.3 is 5.32 Å². The van der Waals surface area contributed by atoms with Crippen molar-refractivity contribution in [1.29, 1.82) is 0 Å². The van der Waals surface area contributed by atoms with Crippen LogP contribution in [0.2, 0.25) is 0 Å². The van der Waals surface area contributed by atoms with Gasteiger partial charge in [-0.1, -0.05) is 24.3 Å². The van der Waals surface area contributed by atoms with Crippen molar-refractivity contribution in [2.45, 2.75) is 19.8 Å². The van der Waals surface area contributed by atoms with Gasteiger partial charge >= 0.3 is 0 Å². The standard InChI is InChI=1S/C12H13NO.H2/c1-3-9-6-8(2)7-10-4-5-11(14)13-12(9)10;/h3,6-7H,1,4-5H2,2H3,(H,13,14);1H. The predicted molar refractivity (Wildman–Crippen MR) is 60.3 cm³/mol. The lowest BCUT2D eigenvalue weighted by Gasteiger charge is -2.19. The molecule has 74 valence electrons. The third-order valence-corrected chi connectivity index (χ3v) is 2.50. The summed E-state index contributed by atoms with van der Waals surface area (Å²) < 4.78 is 0. The number of carbonyl (C=O) groups excluding carboxylic acids is 1. The predicted octanol–water partition coefficient (Wildman–Crippen LogP) is 2.77. The fraction of sp³-hybridized carbons (Fsp3) is 0.250. The molecular weight excluding hydrogens is 174 g/mol. The first-order valence-electron chi connectivity index (χ1n) is 4.76. The van der Waals surface area contributed by atoms with E-state index < -0.39 is 0 Å². The maximum atomic E-state index is 11.2. The second-order valence-corrected chi connectivity index (χ2v) is 3.64. The molecule has 0 saturated carbocycles. The second kappa shape index (κ2) is 3.29. The molecule has 2 heteroatoms. The molecule has 0 atom stereocenters. The summed E-state index contributed by atoms with van der Waals surface area (Å²) in [6.07, 6.45) is 3.22. The minimum Gasteiger partial charge on any atom is -0.325 e. The molecule has 0 bridgehead atoms. The highest BCUT2D eigenvalue weighted by atomic mass is 16.1. The zero-order valence-corrected chi connectivity index (χ0v) is 8.26. The first-order valence-corrected chi connectivity index (χ1v) is 4.76. The lowest BCUT2D eigenvalue weighted by molar-refractivity contribution is -0.116. The second-order valence-electron chi connectivity index (χ2n) is 3.64. The molecular formula is C12H15NO. The highest BCUT2D eigenvalue weighted by molar-refractivity contribution is 5.96. The van der Waals surface area contributed by atoms with E-state index in [0.717, 1.165) is 17.7 Å². The first kappa shape index (κ1) is 9.00. The third kappa shape index (κ3) is 1.43. The van der Waals surface area contributed by atoms with E-state index in [-0.39, 0.29) is 7.33 Å². The topological polar surface area (TPSA) is 29.1 Å². The van der Waals surface area contributed by atoms with Gasteiger partial charge in [0.25, 0.3) is 0 Å². The summed E-state index contributed by atoms with van der Waals surface area (Å²) >= 11 is 0. The maximum absolute atomic E-state index is 11.2. The van der Waals surface area contributed by atoms with Crippen LogP contribution in [-0.2, 0) is 11.2 Å². The number of aryl methyl sites for hydroxylation is 2. The van der Waals surface area contributed by atoms with Gasteiger partial charge in [0.15, 0.2) is 0 Å². The van der Waals surface area contributed by atoms with Crippen molar-refractivity contribution >= 4 is 17.7 Å². The van der Waals surface area contributed by atoms with Gasteiger partial charge in [-0.25, -0.2) is 0 Å². The van der Waals surface area contributed by atoms with Crippen LogP contribution in [0.25, 0.3) is 6.08 Å². The van der Waals surface area contributed by atoms with Gasteiger partial charge in [-0.15, -0.1) is 0 Å². The minimum atomic E-state index is 0. The van der Waals surface area contributed by atoms with E-state index in [2.05, 4.69) is 24.9 Å². The zero-order valence-electron chi connectivity index (χ0n) is 8.26. The Hall–Kier alpha value is -1.57. The quantitative estimate of drug-likeness (QED) is 0.723. The summed E-state index contributed by atoms with van der Waals surface area (Å²) in [5, 5.41) is 2.90. The Balaban J connectivity index is 0.00000112. The van der Waals surface area contributed by atoms with E-state index in [0.29, 0.717) is 6.42 Å². The SMILES string of the molecule is C=Cc1cc(C)cc2c1NC(=O)CC2.[HH]. The van der Waals surface area contributed by atoms with Gasteiger partial charge in [0.05, 0.1) is 5.69 Å². The first-order chi connectivity index (χ1) is 6.70. The zero-order chi connectivity index (χ0) is 10.1. The summed E-state index contributed by atoms with van der Waals surface area (Å²) in [5.41, 5.74) is 4.41. The Labute approximate surface area is 85.1 Å². The molecule has 0 saturated heterocycles. The Morgan fingerprint density at radius 1 is 1.50 bits per heavy atom. The van der Waals surface area contributed by atoms with Gasteiger partial charge in [0, 0.05) is 7.85 Å². The summed E-state index contributed by atoms with van der Waals surface area (Å²) in [4.78, 5) is 11.2. The lowest BCUT2D eigenvalue weighted by Crippen LogP contribution is -2.19. The van der Waals surface area contributed by atoms with Crippen LogP contribution in [0.4, 0.5) is 5.69 Å². The summed E-state index contributed by atoms with van der Waals surface area (Å²) in [5.74, 6) is 0.101. The number of carbonyl (C=O) groups is 1. The molecule has 1 N–H and O–H groups in total. The number of benzene rings is 1. The average Bonchev–Trinajstić information content (AvgIpc) is 2.17. The van der Waals surface area contributed by atoms with Crippen LogP contribution in [0.1, 0.15) is 24.5 Å². The molecule has 1 amide bonds. The summed E-state index contributed by atoms with van der Waals surface area (Å²) in [6.45, 7) is 5.81. The van der Waals surface area contributed by atoms with E-state index in [1.165, 1.54) is 11.1 Å². The van der Waals surface area contributed by atoms with Crippen molar-refractivity contribution in [2.24, 2.45) is 0 Å². The largest absolute Gasteiger partial charge is 0.325 e. The molecule has 0 fully saturated rings. The molecule has 2 rings (SSSR count). The summed E-state index contributed by atoms with van der Waals surface area (Å²) in [7, 11) is 0. The minimum absolute atomic E-state index is 0. The molecule has 14 heavy (non-hydrogen) atoms. The smallest absolute Gasteiger partial charge is 0.224 e. The fourth-order valence-corrected chi connectivity index (χ4v) is 1.85. The monoisotopic (exact) mass is 189 g/mol. The van der Waals surface area contributed by atoms with Gasteiger partial charge in [0.1, 0.15) is 0 Å². The number of hydrogen-bond acceptors (Lipinski definition) is 1. The van der Waals surface area contributed by atoms with Gasteiger partial charge in [-0.3, -0.25) is 4.79 Å². The molecule has 1 aromatic carbocycles. The maximum Gasteiger partial charge on any atom is 0.224 e. The van der Waals surface area contributed by atoms with Crippen LogP contribution in [0, 0.1) is 6.92 Å². The Bertz CT molecular complexity index is 412. The third-order valence-electron chi connectivity index (χ3n) is 2.50. The Kier molecular flexibility index (Phi) is 2.12. The Morgan fingerprint density at radius 2 is 2.29 bits per heavy atom. The molecule has 1 aliphatic heterocycles. The van der Waals surface area contributed by atoms with E-state index in [4.69, 9.17) is 0 Å². The summed E-state index contributed by atoms with van der Waals surface area (Å²) in [6, 6.07) is 4.17. The molecule has 1 aromatic rings. The highest BCUT2D eigenvalue weighted by Gasteiger charge is 2.16. The van der Waals surface area contributed by atoms with Crippen molar-refractivity contribution in [2.75, 3.05) is 5.32 Å². The number of fused-ring (bicyclic) bond motifs is 1. The molecule has 2 nitrogen and oxygen atoms in total. The normalized spacial score (nSPS) is 14.5. The van der Waals surface area contributed by atoms with Crippen molar-refractivity contribution in [3.05, 3.63) is 35.4 Å². The number of nitrogens with one attached hydrogen (secondary N) is 1. The molecule has 0 aromatic heterocycles. The van der Waals surface area contributed by atoms with Crippen molar-refractivity contribution < 1.29 is 6.22 Å². The Morgan fingerprint density at radius 3 is 3.00 bits per heavy atom. The molecule has 0 unspecified atom stereocenters. The number of anilines is 1. The van der Waals surface area contributed by atoms with Gasteiger partial charge in [0.2, 0.25) is 5.91 Å². The van der Waals surface area contributed by atoms with E-state index in [1.807, 2.05) is 6.07 Å². The number of amides is 1. The van der Waals surface area contributed by atoms with E-state index in [1.54, 1.807) is 6.08 Å². The van der Waals surface area contributed by atoms with Crippen molar-refractivity contribution in [1.82, 2.24) is 0 Å². The van der Waals surface area contributed by atoms with Crippen LogP contribution in [-0.4, -0.2) is 5.91 Å².